The molecule has 0 radical (unpaired) electrons. The van der Waals surface area contributed by atoms with Gasteiger partial charge < -0.3 is 0 Å². The molecule has 66 valence electrons. The molecule has 0 bridgehead atoms. The lowest BCUT2D eigenvalue weighted by Crippen LogP contribution is -2.02. The molecule has 0 saturated heterocycles. The monoisotopic (exact) mass is 167 g/mol. The van der Waals surface area contributed by atoms with Crippen LogP contribution in [0, 0.1) is 11.9 Å². The predicted octanol–water partition coefficient (Wildman–Crippen LogP) is 2.98. The number of pyridine rings is 1. The summed E-state index contributed by atoms with van der Waals surface area (Å²) in [7, 11) is 0. The van der Waals surface area contributed by atoms with Crippen molar-refractivity contribution in [3.63, 3.8) is 0 Å². The Kier molecular flexibility index (Phi) is 2.79. The summed E-state index contributed by atoms with van der Waals surface area (Å²) in [6, 6.07) is 3.37. The van der Waals surface area contributed by atoms with Crippen LogP contribution in [0.2, 0.25) is 0 Å². The molecule has 0 fully saturated rings. The zero-order valence-electron chi connectivity index (χ0n) is 7.71. The highest BCUT2D eigenvalue weighted by molar-refractivity contribution is 5.16. The molecule has 1 heterocycles. The summed E-state index contributed by atoms with van der Waals surface area (Å²) in [5.41, 5.74) is 1.03. The van der Waals surface area contributed by atoms with Crippen LogP contribution < -0.4 is 0 Å². The minimum absolute atomic E-state index is 0.389. The van der Waals surface area contributed by atoms with Crippen molar-refractivity contribution in [2.24, 2.45) is 5.92 Å². The molecule has 1 unspecified atom stereocenters. The third-order valence-corrected chi connectivity index (χ3v) is 2.28. The average molecular weight is 167 g/mol. The van der Waals surface area contributed by atoms with Crippen molar-refractivity contribution in [2.45, 2.75) is 26.7 Å². The molecule has 0 saturated carbocycles. The van der Waals surface area contributed by atoms with Gasteiger partial charge in [-0.3, -0.25) is 0 Å². The zero-order chi connectivity index (χ0) is 9.14. The highest BCUT2D eigenvalue weighted by Gasteiger charge is 2.10. The fourth-order valence-corrected chi connectivity index (χ4v) is 1.09. The Labute approximate surface area is 72.6 Å². The van der Waals surface area contributed by atoms with Gasteiger partial charge in [0.2, 0.25) is 5.95 Å². The van der Waals surface area contributed by atoms with Crippen LogP contribution in [0.5, 0.6) is 0 Å². The Morgan fingerprint density at radius 3 is 2.50 bits per heavy atom. The van der Waals surface area contributed by atoms with Crippen LogP contribution in [-0.4, -0.2) is 4.98 Å². The first-order valence-corrected chi connectivity index (χ1v) is 4.22. The van der Waals surface area contributed by atoms with Gasteiger partial charge >= 0.3 is 0 Å². The van der Waals surface area contributed by atoms with Crippen LogP contribution in [-0.2, 0) is 0 Å². The second-order valence-corrected chi connectivity index (χ2v) is 3.44. The number of nitrogens with zero attached hydrogens (tertiary/aromatic N) is 1. The van der Waals surface area contributed by atoms with E-state index in [0.717, 1.165) is 5.56 Å². The summed E-state index contributed by atoms with van der Waals surface area (Å²) in [4.78, 5) is 3.51. The molecule has 0 aromatic carbocycles. The average Bonchev–Trinajstić information content (AvgIpc) is 2.03. The van der Waals surface area contributed by atoms with Crippen LogP contribution in [0.15, 0.2) is 18.3 Å². The van der Waals surface area contributed by atoms with Gasteiger partial charge in [0.05, 0.1) is 0 Å². The van der Waals surface area contributed by atoms with Crippen molar-refractivity contribution in [1.29, 1.82) is 0 Å². The van der Waals surface area contributed by atoms with Crippen LogP contribution in [0.1, 0.15) is 32.3 Å². The summed E-state index contributed by atoms with van der Waals surface area (Å²) < 4.78 is 12.7. The molecular formula is C10H14FN. The SMILES string of the molecule is CC(C)C(C)c1ccnc(F)c1. The summed E-state index contributed by atoms with van der Waals surface area (Å²) >= 11 is 0. The van der Waals surface area contributed by atoms with Gasteiger partial charge in [0.15, 0.2) is 0 Å². The van der Waals surface area contributed by atoms with Crippen LogP contribution in [0.25, 0.3) is 0 Å². The first kappa shape index (κ1) is 9.17. The molecule has 1 atom stereocenters. The van der Waals surface area contributed by atoms with E-state index in [9.17, 15) is 4.39 Å². The number of aromatic nitrogens is 1. The van der Waals surface area contributed by atoms with Gasteiger partial charge in [-0.2, -0.15) is 4.39 Å². The van der Waals surface area contributed by atoms with Gasteiger partial charge in [-0.1, -0.05) is 20.8 Å². The molecule has 12 heavy (non-hydrogen) atoms. The normalized spacial score (nSPS) is 13.4. The molecule has 1 nitrogen and oxygen atoms in total. The fourth-order valence-electron chi connectivity index (χ4n) is 1.09. The lowest BCUT2D eigenvalue weighted by atomic mass is 9.91. The molecular weight excluding hydrogens is 153 g/mol. The smallest absolute Gasteiger partial charge is 0.213 e. The van der Waals surface area contributed by atoms with E-state index in [0.29, 0.717) is 11.8 Å². The largest absolute Gasteiger partial charge is 0.228 e. The van der Waals surface area contributed by atoms with E-state index in [-0.39, 0.29) is 5.95 Å². The van der Waals surface area contributed by atoms with Crippen molar-refractivity contribution in [3.05, 3.63) is 29.8 Å². The van der Waals surface area contributed by atoms with Crippen molar-refractivity contribution >= 4 is 0 Å². The maximum atomic E-state index is 12.7. The summed E-state index contributed by atoms with van der Waals surface area (Å²) in [5.74, 6) is 0.536. The van der Waals surface area contributed by atoms with E-state index in [4.69, 9.17) is 0 Å². The molecule has 0 spiro atoms. The molecule has 0 N–H and O–H groups in total. The summed E-state index contributed by atoms with van der Waals surface area (Å²) in [6.45, 7) is 6.35. The Morgan fingerprint density at radius 1 is 1.33 bits per heavy atom. The topological polar surface area (TPSA) is 12.9 Å². The molecule has 1 rings (SSSR count). The maximum Gasteiger partial charge on any atom is 0.213 e. The van der Waals surface area contributed by atoms with Gasteiger partial charge in [0, 0.05) is 6.20 Å². The summed E-state index contributed by atoms with van der Waals surface area (Å²) in [5, 5.41) is 0. The maximum absolute atomic E-state index is 12.7. The van der Waals surface area contributed by atoms with Gasteiger partial charge in [-0.15, -0.1) is 0 Å². The third kappa shape index (κ3) is 2.03. The number of halogens is 1. The van der Waals surface area contributed by atoms with Gasteiger partial charge in [0.1, 0.15) is 0 Å². The Hall–Kier alpha value is -0.920. The zero-order valence-corrected chi connectivity index (χ0v) is 7.71. The van der Waals surface area contributed by atoms with E-state index in [2.05, 4.69) is 25.8 Å². The lowest BCUT2D eigenvalue weighted by Gasteiger charge is -2.15. The van der Waals surface area contributed by atoms with Gasteiger partial charge in [-0.25, -0.2) is 4.98 Å². The lowest BCUT2D eigenvalue weighted by molar-refractivity contribution is 0.524. The molecule has 0 amide bonds. The second kappa shape index (κ2) is 3.65. The van der Waals surface area contributed by atoms with Gasteiger partial charge in [0.25, 0.3) is 0 Å². The summed E-state index contributed by atoms with van der Waals surface area (Å²) in [6.07, 6.45) is 1.52. The van der Waals surface area contributed by atoms with E-state index < -0.39 is 0 Å². The Balaban J connectivity index is 2.88. The minimum atomic E-state index is -0.389. The number of hydrogen-bond acceptors (Lipinski definition) is 1. The van der Waals surface area contributed by atoms with Crippen LogP contribution in [0.3, 0.4) is 0 Å². The van der Waals surface area contributed by atoms with E-state index in [1.54, 1.807) is 0 Å². The molecule has 0 aliphatic heterocycles. The van der Waals surface area contributed by atoms with E-state index in [1.807, 2.05) is 6.07 Å². The van der Waals surface area contributed by atoms with Crippen LogP contribution in [0.4, 0.5) is 4.39 Å². The molecule has 0 aliphatic carbocycles. The first-order chi connectivity index (χ1) is 5.61. The number of rotatable bonds is 2. The van der Waals surface area contributed by atoms with Crippen molar-refractivity contribution < 1.29 is 4.39 Å². The highest BCUT2D eigenvalue weighted by Crippen LogP contribution is 2.22. The predicted molar refractivity (Wildman–Crippen MR) is 47.4 cm³/mol. The fraction of sp³-hybridized carbons (Fsp3) is 0.500. The van der Waals surface area contributed by atoms with E-state index >= 15 is 0 Å². The standard InChI is InChI=1S/C10H14FN/c1-7(2)8(3)9-4-5-12-10(11)6-9/h4-8H,1-3H3. The van der Waals surface area contributed by atoms with Crippen molar-refractivity contribution in [2.75, 3.05) is 0 Å². The Bertz CT molecular complexity index is 258. The second-order valence-electron chi connectivity index (χ2n) is 3.44. The third-order valence-electron chi connectivity index (χ3n) is 2.28. The minimum Gasteiger partial charge on any atom is -0.228 e. The van der Waals surface area contributed by atoms with Crippen molar-refractivity contribution in [1.82, 2.24) is 4.98 Å². The molecule has 2 heteroatoms. The molecule has 1 aromatic heterocycles. The molecule has 0 aliphatic rings. The Morgan fingerprint density at radius 2 is 2.00 bits per heavy atom. The van der Waals surface area contributed by atoms with E-state index in [1.165, 1.54) is 12.3 Å². The number of hydrogen-bond donors (Lipinski definition) is 0. The van der Waals surface area contributed by atoms with Crippen LogP contribution >= 0.6 is 0 Å². The highest BCUT2D eigenvalue weighted by atomic mass is 19.1. The van der Waals surface area contributed by atoms with Gasteiger partial charge in [-0.05, 0) is 29.5 Å². The molecule has 1 aromatic rings. The first-order valence-electron chi connectivity index (χ1n) is 4.22. The quantitative estimate of drug-likeness (QED) is 0.617. The van der Waals surface area contributed by atoms with Crippen molar-refractivity contribution in [3.8, 4) is 0 Å².